The molecule has 0 heterocycles. The summed E-state index contributed by atoms with van der Waals surface area (Å²) in [6.07, 6.45) is 2.51. The van der Waals surface area contributed by atoms with E-state index in [4.69, 9.17) is 0 Å². The first-order valence-corrected chi connectivity index (χ1v) is 18.0. The summed E-state index contributed by atoms with van der Waals surface area (Å²) in [4.78, 5) is 0. The van der Waals surface area contributed by atoms with Gasteiger partial charge in [-0.05, 0) is 23.5 Å². The predicted octanol–water partition coefficient (Wildman–Crippen LogP) is 12.3. The number of benzene rings is 4. The first-order chi connectivity index (χ1) is 19.0. The molecule has 0 bridgehead atoms. The second-order valence-corrected chi connectivity index (χ2v) is 10.3. The van der Waals surface area contributed by atoms with Crippen LogP contribution in [0.3, 0.4) is 0 Å². The Kier molecular flexibility index (Phi) is 18.9. The van der Waals surface area contributed by atoms with E-state index >= 15 is 0 Å². The van der Waals surface area contributed by atoms with Crippen LogP contribution in [-0.4, -0.2) is 6.88 Å². The van der Waals surface area contributed by atoms with E-state index in [2.05, 4.69) is 150 Å². The molecule has 226 valence electrons. The van der Waals surface area contributed by atoms with Crippen LogP contribution < -0.4 is 0 Å². The van der Waals surface area contributed by atoms with Gasteiger partial charge in [-0.25, -0.2) is 0 Å². The Labute approximate surface area is 290 Å². The molecule has 0 aromatic heterocycles. The van der Waals surface area contributed by atoms with Crippen LogP contribution >= 0.6 is 24.8 Å². The van der Waals surface area contributed by atoms with Gasteiger partial charge in [0.1, 0.15) is 0 Å². The average molecular weight is 703 g/mol. The van der Waals surface area contributed by atoms with Gasteiger partial charge in [-0.2, -0.15) is 12.1 Å². The van der Waals surface area contributed by atoms with Crippen molar-refractivity contribution in [2.24, 2.45) is 0 Å². The first-order valence-electron chi connectivity index (χ1n) is 13.8. The fourth-order valence-electron chi connectivity index (χ4n) is 5.47. The Morgan fingerprint density at radius 3 is 1.79 bits per heavy atom. The number of hydrogen-bond acceptors (Lipinski definition) is 0. The maximum atomic E-state index is 3.06. The van der Waals surface area contributed by atoms with Gasteiger partial charge in [-0.1, -0.05) is 118 Å². The molecular formula is C39H44Cl2SiZr-4. The van der Waals surface area contributed by atoms with E-state index < -0.39 is 0 Å². The fourth-order valence-corrected chi connectivity index (χ4v) is 5.47. The van der Waals surface area contributed by atoms with Crippen LogP contribution in [0, 0.1) is 28.7 Å². The van der Waals surface area contributed by atoms with Crippen molar-refractivity contribution in [1.29, 1.82) is 0 Å². The maximum absolute atomic E-state index is 3.06. The summed E-state index contributed by atoms with van der Waals surface area (Å²) in [5.41, 5.74) is 9.45. The van der Waals surface area contributed by atoms with Gasteiger partial charge in [0.15, 0.2) is 0 Å². The third-order valence-corrected chi connectivity index (χ3v) is 7.48. The van der Waals surface area contributed by atoms with Crippen molar-refractivity contribution in [3.63, 3.8) is 0 Å². The van der Waals surface area contributed by atoms with Crippen molar-refractivity contribution in [2.75, 3.05) is 0 Å². The van der Waals surface area contributed by atoms with E-state index in [1.807, 2.05) is 0 Å². The first kappa shape index (κ1) is 40.8. The van der Waals surface area contributed by atoms with E-state index in [-0.39, 0.29) is 39.7 Å². The van der Waals surface area contributed by atoms with Gasteiger partial charge in [-0.3, -0.25) is 0 Å². The Balaban J connectivity index is 0.000000719. The van der Waals surface area contributed by atoms with Gasteiger partial charge in [-0.15, -0.1) is 93.4 Å². The Bertz CT molecular complexity index is 1630. The summed E-state index contributed by atoms with van der Waals surface area (Å²) >= 11 is 1.36. The molecule has 6 aromatic rings. The minimum absolute atomic E-state index is 0. The van der Waals surface area contributed by atoms with Gasteiger partial charge in [0.2, 0.25) is 0 Å². The molecule has 0 aliphatic rings. The molecule has 0 N–H and O–H groups in total. The monoisotopic (exact) mass is 700 g/mol. The standard InChI is InChI=1S/C20H21.C17H15.2CH3.2ClH.Si.Zr/c1-3-8-15(2)18-13-17-11-7-12-19(20(17)14-18)16-9-5-4-6-10-16;1-12-10-16-13(2)8-9-15(17(16)11-12)14-6-4-3-5-7-14;;;;;;/h4-7,9-15H,3,8H2,1-2H3;3-11H,1-2H3;2*1H3;2*1H;;/q4*-1;;;;. The second-order valence-electron chi connectivity index (χ2n) is 10.3. The molecule has 0 amide bonds. The number of fused-ring (bicyclic) bond motifs is 2. The van der Waals surface area contributed by atoms with Crippen LogP contribution in [0.15, 0.2) is 115 Å². The number of rotatable bonds is 5. The molecule has 0 fully saturated rings. The number of hydrogen-bond donors (Lipinski definition) is 0. The summed E-state index contributed by atoms with van der Waals surface area (Å²) < 4.78 is 0. The summed E-state index contributed by atoms with van der Waals surface area (Å²) in [5, 5.41) is 5.50. The Morgan fingerprint density at radius 1 is 0.674 bits per heavy atom. The van der Waals surface area contributed by atoms with E-state index in [1.54, 1.807) is 0 Å². The van der Waals surface area contributed by atoms with E-state index in [0.717, 1.165) is 0 Å². The number of aryl methyl sites for hydroxylation is 2. The number of halogens is 2. The zero-order chi connectivity index (χ0) is 27.8. The second kappa shape index (κ2) is 19.9. The zero-order valence-electron chi connectivity index (χ0n) is 26.3. The molecule has 6 aromatic carbocycles. The van der Waals surface area contributed by atoms with Crippen LogP contribution in [0.25, 0.3) is 43.8 Å². The molecule has 1 atom stereocenters. The molecule has 1 unspecified atom stereocenters. The van der Waals surface area contributed by atoms with E-state index in [9.17, 15) is 0 Å². The predicted molar refractivity (Wildman–Crippen MR) is 196 cm³/mol. The molecule has 0 aliphatic heterocycles. The quantitative estimate of drug-likeness (QED) is 0.124. The third-order valence-electron chi connectivity index (χ3n) is 7.48. The summed E-state index contributed by atoms with van der Waals surface area (Å²) in [6, 6.07) is 41.6. The molecule has 4 heteroatoms. The molecular weight excluding hydrogens is 659 g/mol. The molecule has 43 heavy (non-hydrogen) atoms. The third kappa shape index (κ3) is 9.89. The Morgan fingerprint density at radius 2 is 1.23 bits per heavy atom. The van der Waals surface area contributed by atoms with Gasteiger partial charge >= 0.3 is 30.2 Å². The normalized spacial score (nSPS) is 10.3. The van der Waals surface area contributed by atoms with Crippen molar-refractivity contribution >= 4 is 53.2 Å². The van der Waals surface area contributed by atoms with Gasteiger partial charge < -0.3 is 14.9 Å². The van der Waals surface area contributed by atoms with Gasteiger partial charge in [0.05, 0.1) is 0 Å². The van der Waals surface area contributed by atoms with Gasteiger partial charge in [0, 0.05) is 0 Å². The molecule has 6 rings (SSSR count). The van der Waals surface area contributed by atoms with Crippen molar-refractivity contribution in [1.82, 2.24) is 0 Å². The molecule has 2 radical (unpaired) electrons. The molecule has 0 saturated carbocycles. The summed E-state index contributed by atoms with van der Waals surface area (Å²) in [6.45, 7) is 12.0. The molecule has 0 aliphatic carbocycles. The van der Waals surface area contributed by atoms with Crippen LogP contribution in [0.2, 0.25) is 0 Å². The van der Waals surface area contributed by atoms with Crippen molar-refractivity contribution in [2.45, 2.75) is 46.5 Å². The van der Waals surface area contributed by atoms with E-state index in [1.165, 1.54) is 96.7 Å². The van der Waals surface area contributed by atoms with Crippen LogP contribution in [0.4, 0.5) is 0 Å². The molecule has 0 saturated heterocycles. The molecule has 0 nitrogen and oxygen atoms in total. The van der Waals surface area contributed by atoms with Crippen molar-refractivity contribution in [3.8, 4) is 22.3 Å². The topological polar surface area (TPSA) is 0 Å². The average Bonchev–Trinajstić information content (AvgIpc) is 3.60. The van der Waals surface area contributed by atoms with Crippen molar-refractivity contribution < 1.29 is 23.3 Å². The van der Waals surface area contributed by atoms with Gasteiger partial charge in [0.25, 0.3) is 0 Å². The zero-order valence-corrected chi connectivity index (χ0v) is 31.4. The van der Waals surface area contributed by atoms with Crippen LogP contribution in [0.1, 0.15) is 49.3 Å². The SMILES string of the molecule is CCCC(C)c1cc2c(-c3ccccc3)cccc2[cH-]1.Cc1cc2c(-c3ccccc3)ccc(C)c2[cH-]1.Cl.Cl.[CH3-].[CH3-].[Si]=[Zr]. The van der Waals surface area contributed by atoms with Crippen molar-refractivity contribution in [3.05, 3.63) is 147 Å². The Hall–Kier alpha value is -2.22. The van der Waals surface area contributed by atoms with Crippen LogP contribution in [0.5, 0.6) is 0 Å². The van der Waals surface area contributed by atoms with E-state index in [0.29, 0.717) is 5.92 Å². The summed E-state index contributed by atoms with van der Waals surface area (Å²) in [5.74, 6) is 0.649. The molecule has 0 spiro atoms. The minimum atomic E-state index is 0. The fraction of sp³-hybridized carbons (Fsp3) is 0.179. The van der Waals surface area contributed by atoms with Crippen LogP contribution in [-0.2, 0) is 23.3 Å². The summed E-state index contributed by atoms with van der Waals surface area (Å²) in [7, 11) is 0.